The van der Waals surface area contributed by atoms with E-state index >= 15 is 0 Å². The summed E-state index contributed by atoms with van der Waals surface area (Å²) in [5, 5.41) is 3.06. The predicted molar refractivity (Wildman–Crippen MR) is 76.0 cm³/mol. The third kappa shape index (κ3) is 4.17. The minimum atomic E-state index is -0.0647. The SMILES string of the molecule is C=CCCN1CCC(NC(=O)c2ccccn2)CC1. The van der Waals surface area contributed by atoms with Crippen molar-refractivity contribution in [3.63, 3.8) is 0 Å². The molecule has 1 aliphatic rings. The number of aromatic nitrogens is 1. The summed E-state index contributed by atoms with van der Waals surface area (Å²) >= 11 is 0. The summed E-state index contributed by atoms with van der Waals surface area (Å²) in [6.07, 6.45) is 6.65. The summed E-state index contributed by atoms with van der Waals surface area (Å²) < 4.78 is 0. The first-order valence-electron chi connectivity index (χ1n) is 6.84. The van der Waals surface area contributed by atoms with Crippen molar-refractivity contribution < 1.29 is 4.79 Å². The third-order valence-corrected chi connectivity index (χ3v) is 3.47. The highest BCUT2D eigenvalue weighted by Gasteiger charge is 2.20. The predicted octanol–water partition coefficient (Wildman–Crippen LogP) is 1.85. The lowest BCUT2D eigenvalue weighted by atomic mass is 10.0. The number of nitrogens with zero attached hydrogens (tertiary/aromatic N) is 2. The normalized spacial score (nSPS) is 17.1. The largest absolute Gasteiger partial charge is 0.348 e. The van der Waals surface area contributed by atoms with E-state index < -0.39 is 0 Å². The van der Waals surface area contributed by atoms with Gasteiger partial charge in [-0.1, -0.05) is 12.1 Å². The third-order valence-electron chi connectivity index (χ3n) is 3.47. The molecule has 0 aliphatic carbocycles. The van der Waals surface area contributed by atoms with Gasteiger partial charge in [0.05, 0.1) is 0 Å². The van der Waals surface area contributed by atoms with Gasteiger partial charge in [-0.15, -0.1) is 6.58 Å². The second-order valence-electron chi connectivity index (χ2n) is 4.88. The van der Waals surface area contributed by atoms with Crippen LogP contribution in [0.15, 0.2) is 37.1 Å². The number of nitrogens with one attached hydrogen (secondary N) is 1. The molecule has 2 rings (SSSR count). The first-order valence-corrected chi connectivity index (χ1v) is 6.84. The van der Waals surface area contributed by atoms with Crippen LogP contribution in [0.1, 0.15) is 29.8 Å². The quantitative estimate of drug-likeness (QED) is 0.821. The highest BCUT2D eigenvalue weighted by molar-refractivity contribution is 5.92. The fraction of sp³-hybridized carbons (Fsp3) is 0.467. The molecule has 1 saturated heterocycles. The van der Waals surface area contributed by atoms with E-state index in [2.05, 4.69) is 21.8 Å². The van der Waals surface area contributed by atoms with E-state index in [1.165, 1.54) is 0 Å². The maximum atomic E-state index is 12.0. The van der Waals surface area contributed by atoms with E-state index in [-0.39, 0.29) is 11.9 Å². The molecule has 102 valence electrons. The molecular weight excluding hydrogens is 238 g/mol. The van der Waals surface area contributed by atoms with Crippen LogP contribution in [0.5, 0.6) is 0 Å². The average Bonchev–Trinajstić information content (AvgIpc) is 2.47. The van der Waals surface area contributed by atoms with Crippen LogP contribution in [0, 0.1) is 0 Å². The molecule has 0 saturated carbocycles. The minimum Gasteiger partial charge on any atom is -0.348 e. The van der Waals surface area contributed by atoms with Gasteiger partial charge in [0.25, 0.3) is 5.91 Å². The zero-order chi connectivity index (χ0) is 13.5. The van der Waals surface area contributed by atoms with Crippen LogP contribution in [-0.4, -0.2) is 41.5 Å². The molecule has 19 heavy (non-hydrogen) atoms. The van der Waals surface area contributed by atoms with Gasteiger partial charge in [-0.3, -0.25) is 9.78 Å². The molecule has 1 aromatic rings. The van der Waals surface area contributed by atoms with Crippen LogP contribution >= 0.6 is 0 Å². The number of piperidine rings is 1. The van der Waals surface area contributed by atoms with E-state index in [0.29, 0.717) is 5.69 Å². The maximum absolute atomic E-state index is 12.0. The number of hydrogen-bond donors (Lipinski definition) is 1. The molecule has 2 heterocycles. The highest BCUT2D eigenvalue weighted by Crippen LogP contribution is 2.11. The molecule has 4 nitrogen and oxygen atoms in total. The minimum absolute atomic E-state index is 0.0647. The molecule has 0 spiro atoms. The highest BCUT2D eigenvalue weighted by atomic mass is 16.1. The van der Waals surface area contributed by atoms with E-state index in [1.807, 2.05) is 18.2 Å². The molecule has 1 aliphatic heterocycles. The molecule has 1 amide bonds. The number of carbonyl (C=O) groups is 1. The van der Waals surface area contributed by atoms with Crippen LogP contribution in [0.3, 0.4) is 0 Å². The summed E-state index contributed by atoms with van der Waals surface area (Å²) in [4.78, 5) is 18.5. The number of pyridine rings is 1. The monoisotopic (exact) mass is 259 g/mol. The van der Waals surface area contributed by atoms with Crippen LogP contribution in [0.25, 0.3) is 0 Å². The Morgan fingerprint density at radius 3 is 2.89 bits per heavy atom. The number of rotatable bonds is 5. The Bertz CT molecular complexity index is 411. The van der Waals surface area contributed by atoms with Gasteiger partial charge in [-0.2, -0.15) is 0 Å². The summed E-state index contributed by atoms with van der Waals surface area (Å²) in [6, 6.07) is 5.66. The molecule has 0 bridgehead atoms. The van der Waals surface area contributed by atoms with E-state index in [0.717, 1.165) is 38.9 Å². The molecule has 1 fully saturated rings. The lowest BCUT2D eigenvalue weighted by Gasteiger charge is -2.32. The zero-order valence-electron chi connectivity index (χ0n) is 11.2. The average molecular weight is 259 g/mol. The van der Waals surface area contributed by atoms with E-state index in [9.17, 15) is 4.79 Å². The van der Waals surface area contributed by atoms with Crippen molar-refractivity contribution in [2.24, 2.45) is 0 Å². The van der Waals surface area contributed by atoms with Crippen LogP contribution in [0.4, 0.5) is 0 Å². The van der Waals surface area contributed by atoms with Crippen molar-refractivity contribution in [3.05, 3.63) is 42.7 Å². The fourth-order valence-electron chi connectivity index (χ4n) is 2.33. The molecule has 0 radical (unpaired) electrons. The van der Waals surface area contributed by atoms with Gasteiger partial charge < -0.3 is 10.2 Å². The van der Waals surface area contributed by atoms with Crippen LogP contribution < -0.4 is 5.32 Å². The summed E-state index contributed by atoms with van der Waals surface area (Å²) in [6.45, 7) is 6.90. The standard InChI is InChI=1S/C15H21N3O/c1-2-3-10-18-11-7-13(8-12-18)17-15(19)14-6-4-5-9-16-14/h2,4-6,9,13H,1,3,7-8,10-12H2,(H,17,19). The van der Waals surface area contributed by atoms with Gasteiger partial charge >= 0.3 is 0 Å². The fourth-order valence-corrected chi connectivity index (χ4v) is 2.33. The van der Waals surface area contributed by atoms with Gasteiger partial charge in [0.1, 0.15) is 5.69 Å². The van der Waals surface area contributed by atoms with Gasteiger partial charge in [-0.25, -0.2) is 0 Å². The van der Waals surface area contributed by atoms with Crippen LogP contribution in [0.2, 0.25) is 0 Å². The van der Waals surface area contributed by atoms with E-state index in [4.69, 9.17) is 0 Å². The maximum Gasteiger partial charge on any atom is 0.270 e. The Morgan fingerprint density at radius 1 is 1.47 bits per heavy atom. The van der Waals surface area contributed by atoms with Gasteiger partial charge in [0, 0.05) is 31.9 Å². The summed E-state index contributed by atoms with van der Waals surface area (Å²) in [7, 11) is 0. The van der Waals surface area contributed by atoms with Gasteiger partial charge in [0.15, 0.2) is 0 Å². The number of hydrogen-bond acceptors (Lipinski definition) is 3. The Kier molecular flexibility index (Phi) is 5.10. The van der Waals surface area contributed by atoms with Gasteiger partial charge in [0.2, 0.25) is 0 Å². The summed E-state index contributed by atoms with van der Waals surface area (Å²) in [5.74, 6) is -0.0647. The number of carbonyl (C=O) groups excluding carboxylic acids is 1. The van der Waals surface area contributed by atoms with Crippen molar-refractivity contribution in [1.82, 2.24) is 15.2 Å². The Balaban J connectivity index is 1.76. The molecule has 1 aromatic heterocycles. The second kappa shape index (κ2) is 7.04. The summed E-state index contributed by atoms with van der Waals surface area (Å²) in [5.41, 5.74) is 0.497. The number of likely N-dealkylation sites (tertiary alicyclic amines) is 1. The smallest absolute Gasteiger partial charge is 0.270 e. The van der Waals surface area contributed by atoms with Crippen LogP contribution in [-0.2, 0) is 0 Å². The number of amides is 1. The lowest BCUT2D eigenvalue weighted by Crippen LogP contribution is -2.44. The van der Waals surface area contributed by atoms with Crippen molar-refractivity contribution in [2.45, 2.75) is 25.3 Å². The Hall–Kier alpha value is -1.68. The Morgan fingerprint density at radius 2 is 2.26 bits per heavy atom. The lowest BCUT2D eigenvalue weighted by molar-refractivity contribution is 0.0906. The van der Waals surface area contributed by atoms with Crippen molar-refractivity contribution in [2.75, 3.05) is 19.6 Å². The van der Waals surface area contributed by atoms with Gasteiger partial charge in [-0.05, 0) is 31.4 Å². The van der Waals surface area contributed by atoms with Crippen molar-refractivity contribution in [3.8, 4) is 0 Å². The Labute approximate surface area is 114 Å². The first kappa shape index (κ1) is 13.7. The zero-order valence-corrected chi connectivity index (χ0v) is 11.2. The molecule has 1 N–H and O–H groups in total. The molecule has 0 unspecified atom stereocenters. The molecule has 4 heteroatoms. The molecule has 0 aromatic carbocycles. The van der Waals surface area contributed by atoms with Crippen molar-refractivity contribution in [1.29, 1.82) is 0 Å². The first-order chi connectivity index (χ1) is 9.29. The van der Waals surface area contributed by atoms with E-state index in [1.54, 1.807) is 12.3 Å². The molecular formula is C15H21N3O. The molecule has 0 atom stereocenters. The van der Waals surface area contributed by atoms with Crippen molar-refractivity contribution >= 4 is 5.91 Å². The topological polar surface area (TPSA) is 45.2 Å². The second-order valence-corrected chi connectivity index (χ2v) is 4.88.